The van der Waals surface area contributed by atoms with Gasteiger partial charge in [-0.05, 0) is 36.6 Å². The van der Waals surface area contributed by atoms with Crippen LogP contribution in [0.5, 0.6) is 0 Å². The fourth-order valence-corrected chi connectivity index (χ4v) is 2.63. The Morgan fingerprint density at radius 2 is 1.88 bits per heavy atom. The molecule has 0 saturated carbocycles. The van der Waals surface area contributed by atoms with Crippen LogP contribution in [0, 0.1) is 0 Å². The molecule has 134 valence electrons. The molecule has 0 aliphatic rings. The van der Waals surface area contributed by atoms with Gasteiger partial charge in [0.1, 0.15) is 0 Å². The van der Waals surface area contributed by atoms with E-state index in [1.54, 1.807) is 12.4 Å². The van der Waals surface area contributed by atoms with Crippen molar-refractivity contribution in [3.8, 4) is 11.4 Å². The normalized spacial score (nSPS) is 11.9. The molecule has 0 radical (unpaired) electrons. The Morgan fingerprint density at radius 3 is 2.58 bits per heavy atom. The Morgan fingerprint density at radius 1 is 1.15 bits per heavy atom. The topological polar surface area (TPSA) is 80.9 Å². The Hall–Kier alpha value is -3.02. The average Bonchev–Trinajstić information content (AvgIpc) is 3.16. The maximum Gasteiger partial charge on any atom is 0.227 e. The van der Waals surface area contributed by atoms with Gasteiger partial charge in [-0.15, -0.1) is 0 Å². The standard InChI is InChI=1S/C20H22N4O2/c1-3-15-4-6-17(7-5-15)20-23-19(26-24-20)9-8-18(25)22-14(2)16-10-12-21-13-11-16/h4-7,10-14H,3,8-9H2,1-2H3,(H,22,25). The van der Waals surface area contributed by atoms with E-state index in [0.29, 0.717) is 24.6 Å². The van der Waals surface area contributed by atoms with Crippen LogP contribution in [0.1, 0.15) is 43.3 Å². The highest BCUT2D eigenvalue weighted by atomic mass is 16.5. The lowest BCUT2D eigenvalue weighted by molar-refractivity contribution is -0.121. The fraction of sp³-hybridized carbons (Fsp3) is 0.300. The molecule has 0 saturated heterocycles. The molecule has 0 aliphatic heterocycles. The molecule has 26 heavy (non-hydrogen) atoms. The van der Waals surface area contributed by atoms with Crippen LogP contribution in [-0.4, -0.2) is 21.0 Å². The zero-order valence-corrected chi connectivity index (χ0v) is 15.0. The highest BCUT2D eigenvalue weighted by molar-refractivity contribution is 5.76. The Balaban J connectivity index is 1.53. The lowest BCUT2D eigenvalue weighted by Gasteiger charge is -2.13. The second kappa shape index (κ2) is 8.38. The number of hydrogen-bond donors (Lipinski definition) is 1. The summed E-state index contributed by atoms with van der Waals surface area (Å²) in [5, 5.41) is 6.96. The van der Waals surface area contributed by atoms with Crippen molar-refractivity contribution in [1.82, 2.24) is 20.4 Å². The lowest BCUT2D eigenvalue weighted by Crippen LogP contribution is -2.26. The van der Waals surface area contributed by atoms with Gasteiger partial charge in [0, 0.05) is 30.8 Å². The highest BCUT2D eigenvalue weighted by Gasteiger charge is 2.13. The van der Waals surface area contributed by atoms with Gasteiger partial charge in [0.15, 0.2) is 0 Å². The van der Waals surface area contributed by atoms with E-state index in [0.717, 1.165) is 17.5 Å². The summed E-state index contributed by atoms with van der Waals surface area (Å²) in [5.41, 5.74) is 3.19. The molecule has 2 heterocycles. The quantitative estimate of drug-likeness (QED) is 0.705. The van der Waals surface area contributed by atoms with Crippen LogP contribution < -0.4 is 5.32 Å². The maximum atomic E-state index is 12.1. The number of aryl methyl sites for hydroxylation is 2. The third kappa shape index (κ3) is 4.53. The number of carbonyl (C=O) groups excluding carboxylic acids is 1. The van der Waals surface area contributed by atoms with Crippen molar-refractivity contribution in [2.24, 2.45) is 0 Å². The number of aromatic nitrogens is 3. The van der Waals surface area contributed by atoms with Crippen LogP contribution in [0.15, 0.2) is 53.3 Å². The van der Waals surface area contributed by atoms with Crippen LogP contribution in [0.25, 0.3) is 11.4 Å². The number of nitrogens with one attached hydrogen (secondary N) is 1. The Labute approximate surface area is 152 Å². The van der Waals surface area contributed by atoms with Gasteiger partial charge in [-0.3, -0.25) is 9.78 Å². The molecule has 0 spiro atoms. The molecule has 0 bridgehead atoms. The molecule has 3 aromatic rings. The van der Waals surface area contributed by atoms with E-state index in [4.69, 9.17) is 4.52 Å². The van der Waals surface area contributed by atoms with E-state index in [1.165, 1.54) is 5.56 Å². The summed E-state index contributed by atoms with van der Waals surface area (Å²) in [6.07, 6.45) is 5.13. The summed E-state index contributed by atoms with van der Waals surface area (Å²) < 4.78 is 5.27. The van der Waals surface area contributed by atoms with Crippen molar-refractivity contribution >= 4 is 5.91 Å². The first kappa shape index (κ1) is 17.8. The number of carbonyl (C=O) groups is 1. The van der Waals surface area contributed by atoms with Crippen molar-refractivity contribution < 1.29 is 9.32 Å². The molecule has 0 fully saturated rings. The number of benzene rings is 1. The molecular weight excluding hydrogens is 328 g/mol. The zero-order valence-electron chi connectivity index (χ0n) is 15.0. The molecule has 6 heteroatoms. The Kier molecular flexibility index (Phi) is 5.73. The number of nitrogens with zero attached hydrogens (tertiary/aromatic N) is 3. The van der Waals surface area contributed by atoms with Crippen molar-refractivity contribution in [3.63, 3.8) is 0 Å². The van der Waals surface area contributed by atoms with Crippen molar-refractivity contribution in [2.45, 2.75) is 39.2 Å². The number of hydrogen-bond acceptors (Lipinski definition) is 5. The van der Waals surface area contributed by atoms with Crippen molar-refractivity contribution in [3.05, 3.63) is 65.8 Å². The SMILES string of the molecule is CCc1ccc(-c2noc(CCC(=O)NC(C)c3ccncc3)n2)cc1. The molecule has 1 N–H and O–H groups in total. The summed E-state index contributed by atoms with van der Waals surface area (Å²) in [5.74, 6) is 0.959. The van der Waals surface area contributed by atoms with E-state index >= 15 is 0 Å². The number of pyridine rings is 1. The molecule has 1 unspecified atom stereocenters. The monoisotopic (exact) mass is 350 g/mol. The first-order chi connectivity index (χ1) is 12.7. The minimum absolute atomic E-state index is 0.0543. The van der Waals surface area contributed by atoms with E-state index in [-0.39, 0.29) is 11.9 Å². The van der Waals surface area contributed by atoms with Crippen LogP contribution in [0.2, 0.25) is 0 Å². The number of amides is 1. The van der Waals surface area contributed by atoms with Gasteiger partial charge in [-0.2, -0.15) is 4.98 Å². The molecule has 1 amide bonds. The van der Waals surface area contributed by atoms with E-state index in [1.807, 2.05) is 31.2 Å². The maximum absolute atomic E-state index is 12.1. The van der Waals surface area contributed by atoms with Gasteiger partial charge in [-0.1, -0.05) is 36.3 Å². The predicted molar refractivity (Wildman–Crippen MR) is 98.2 cm³/mol. The van der Waals surface area contributed by atoms with Gasteiger partial charge in [0.05, 0.1) is 6.04 Å². The molecule has 2 aromatic heterocycles. The summed E-state index contributed by atoms with van der Waals surface area (Å²) in [6, 6.07) is 11.8. The molecule has 1 atom stereocenters. The van der Waals surface area contributed by atoms with Gasteiger partial charge < -0.3 is 9.84 Å². The van der Waals surface area contributed by atoms with Crippen molar-refractivity contribution in [2.75, 3.05) is 0 Å². The third-order valence-electron chi connectivity index (χ3n) is 4.24. The van der Waals surface area contributed by atoms with Gasteiger partial charge in [0.2, 0.25) is 17.6 Å². The first-order valence-corrected chi connectivity index (χ1v) is 8.77. The minimum atomic E-state index is -0.0687. The Bertz CT molecular complexity index is 844. The minimum Gasteiger partial charge on any atom is -0.350 e. The molecule has 3 rings (SSSR count). The third-order valence-corrected chi connectivity index (χ3v) is 4.24. The number of rotatable bonds is 7. The highest BCUT2D eigenvalue weighted by Crippen LogP contribution is 2.17. The zero-order chi connectivity index (χ0) is 18.4. The second-order valence-corrected chi connectivity index (χ2v) is 6.13. The molecular formula is C20H22N4O2. The van der Waals surface area contributed by atoms with Crippen LogP contribution in [0.3, 0.4) is 0 Å². The molecule has 6 nitrogen and oxygen atoms in total. The van der Waals surface area contributed by atoms with E-state index < -0.39 is 0 Å². The summed E-state index contributed by atoms with van der Waals surface area (Å²) in [7, 11) is 0. The predicted octanol–water partition coefficient (Wildman–Crippen LogP) is 3.50. The van der Waals surface area contributed by atoms with Crippen LogP contribution >= 0.6 is 0 Å². The smallest absolute Gasteiger partial charge is 0.227 e. The average molecular weight is 350 g/mol. The summed E-state index contributed by atoms with van der Waals surface area (Å²) >= 11 is 0. The first-order valence-electron chi connectivity index (χ1n) is 8.77. The van der Waals surface area contributed by atoms with Crippen molar-refractivity contribution in [1.29, 1.82) is 0 Å². The largest absolute Gasteiger partial charge is 0.350 e. The molecule has 0 aliphatic carbocycles. The van der Waals surface area contributed by atoms with Gasteiger partial charge in [0.25, 0.3) is 0 Å². The van der Waals surface area contributed by atoms with E-state index in [9.17, 15) is 4.79 Å². The lowest BCUT2D eigenvalue weighted by atomic mass is 10.1. The van der Waals surface area contributed by atoms with E-state index in [2.05, 4.69) is 39.5 Å². The van der Waals surface area contributed by atoms with Gasteiger partial charge in [-0.25, -0.2) is 0 Å². The second-order valence-electron chi connectivity index (χ2n) is 6.13. The van der Waals surface area contributed by atoms with Crippen LogP contribution in [-0.2, 0) is 17.6 Å². The van der Waals surface area contributed by atoms with Crippen LogP contribution in [0.4, 0.5) is 0 Å². The molecule has 1 aromatic carbocycles. The summed E-state index contributed by atoms with van der Waals surface area (Å²) in [6.45, 7) is 4.06. The summed E-state index contributed by atoms with van der Waals surface area (Å²) in [4.78, 5) is 20.5. The van der Waals surface area contributed by atoms with Gasteiger partial charge >= 0.3 is 0 Å². The fourth-order valence-electron chi connectivity index (χ4n) is 2.63.